The number of anilines is 4. The molecule has 4 rings (SSSR count). The number of carbonyl (C=O) groups excluding carboxylic acids is 2. The molecule has 3 heterocycles. The fraction of sp³-hybridized carbons (Fsp3) is 0.429. The molecule has 1 aromatic heterocycles. The average molecular weight is 473 g/mol. The standard InChI is InChI=1S/C21H25BrN6O2/c1-26(2)19-17(12-23-21(25-19)27-8-3-4-9-27)24-20(30)14-10-18(29)28(13-14)16-7-5-6-15(22)11-16/h5-7,11-12,14H,3-4,8-10,13H2,1-2H3,(H,24,30). The highest BCUT2D eigenvalue weighted by Crippen LogP contribution is 2.30. The van der Waals surface area contributed by atoms with Crippen molar-refractivity contribution in [3.8, 4) is 0 Å². The number of hydrogen-bond acceptors (Lipinski definition) is 6. The molecule has 0 radical (unpaired) electrons. The summed E-state index contributed by atoms with van der Waals surface area (Å²) in [5.41, 5.74) is 1.35. The molecule has 9 heteroatoms. The average Bonchev–Trinajstić information content (AvgIpc) is 3.38. The van der Waals surface area contributed by atoms with E-state index in [4.69, 9.17) is 0 Å². The molecule has 2 aliphatic heterocycles. The van der Waals surface area contributed by atoms with Gasteiger partial charge in [0.25, 0.3) is 0 Å². The fourth-order valence-electron chi connectivity index (χ4n) is 3.87. The van der Waals surface area contributed by atoms with Crippen LogP contribution in [0.1, 0.15) is 19.3 Å². The molecule has 2 aliphatic rings. The smallest absolute Gasteiger partial charge is 0.229 e. The van der Waals surface area contributed by atoms with Gasteiger partial charge >= 0.3 is 0 Å². The molecule has 1 aromatic carbocycles. The monoisotopic (exact) mass is 472 g/mol. The van der Waals surface area contributed by atoms with Crippen molar-refractivity contribution < 1.29 is 9.59 Å². The summed E-state index contributed by atoms with van der Waals surface area (Å²) in [6, 6.07) is 7.54. The highest BCUT2D eigenvalue weighted by atomic mass is 79.9. The summed E-state index contributed by atoms with van der Waals surface area (Å²) in [6.45, 7) is 2.26. The van der Waals surface area contributed by atoms with Crippen LogP contribution in [0.15, 0.2) is 34.9 Å². The summed E-state index contributed by atoms with van der Waals surface area (Å²) < 4.78 is 0.895. The molecule has 1 unspecified atom stereocenters. The zero-order valence-corrected chi connectivity index (χ0v) is 18.7. The van der Waals surface area contributed by atoms with Gasteiger partial charge in [0.1, 0.15) is 5.69 Å². The van der Waals surface area contributed by atoms with Gasteiger partial charge in [-0.15, -0.1) is 0 Å². The highest BCUT2D eigenvalue weighted by molar-refractivity contribution is 9.10. The first-order valence-electron chi connectivity index (χ1n) is 10.1. The van der Waals surface area contributed by atoms with Crippen molar-refractivity contribution in [3.05, 3.63) is 34.9 Å². The highest BCUT2D eigenvalue weighted by Gasteiger charge is 2.35. The van der Waals surface area contributed by atoms with Crippen LogP contribution in [0.4, 0.5) is 23.1 Å². The van der Waals surface area contributed by atoms with Gasteiger partial charge in [-0.3, -0.25) is 9.59 Å². The Morgan fingerprint density at radius 1 is 1.27 bits per heavy atom. The van der Waals surface area contributed by atoms with E-state index in [-0.39, 0.29) is 18.2 Å². The predicted molar refractivity (Wildman–Crippen MR) is 121 cm³/mol. The lowest BCUT2D eigenvalue weighted by Gasteiger charge is -2.21. The molecule has 0 aliphatic carbocycles. The number of benzene rings is 1. The molecule has 1 atom stereocenters. The van der Waals surface area contributed by atoms with Gasteiger partial charge in [-0.2, -0.15) is 4.98 Å². The summed E-state index contributed by atoms with van der Waals surface area (Å²) >= 11 is 3.43. The quantitative estimate of drug-likeness (QED) is 0.720. The third kappa shape index (κ3) is 4.26. The number of rotatable bonds is 5. The van der Waals surface area contributed by atoms with Gasteiger partial charge in [-0.05, 0) is 31.0 Å². The van der Waals surface area contributed by atoms with E-state index in [1.165, 1.54) is 0 Å². The minimum atomic E-state index is -0.426. The summed E-state index contributed by atoms with van der Waals surface area (Å²) in [5.74, 6) is 0.674. The number of nitrogens with one attached hydrogen (secondary N) is 1. The zero-order valence-electron chi connectivity index (χ0n) is 17.1. The maximum atomic E-state index is 12.9. The van der Waals surface area contributed by atoms with Gasteiger partial charge in [0.15, 0.2) is 5.82 Å². The Bertz CT molecular complexity index is 960. The molecule has 0 bridgehead atoms. The van der Waals surface area contributed by atoms with Crippen molar-refractivity contribution in [1.29, 1.82) is 0 Å². The molecule has 0 spiro atoms. The molecule has 2 fully saturated rings. The number of nitrogens with zero attached hydrogens (tertiary/aromatic N) is 5. The van der Waals surface area contributed by atoms with Crippen LogP contribution < -0.4 is 20.0 Å². The number of halogens is 1. The van der Waals surface area contributed by atoms with E-state index in [1.807, 2.05) is 43.3 Å². The lowest BCUT2D eigenvalue weighted by atomic mass is 10.1. The Morgan fingerprint density at radius 3 is 2.73 bits per heavy atom. The van der Waals surface area contributed by atoms with Crippen molar-refractivity contribution in [2.24, 2.45) is 5.92 Å². The van der Waals surface area contributed by atoms with Crippen LogP contribution in [-0.2, 0) is 9.59 Å². The van der Waals surface area contributed by atoms with E-state index < -0.39 is 5.92 Å². The maximum absolute atomic E-state index is 12.9. The van der Waals surface area contributed by atoms with Crippen LogP contribution >= 0.6 is 15.9 Å². The van der Waals surface area contributed by atoms with Crippen LogP contribution in [0.25, 0.3) is 0 Å². The third-order valence-electron chi connectivity index (χ3n) is 5.44. The van der Waals surface area contributed by atoms with Crippen molar-refractivity contribution in [3.63, 3.8) is 0 Å². The van der Waals surface area contributed by atoms with E-state index >= 15 is 0 Å². The van der Waals surface area contributed by atoms with Crippen LogP contribution in [0.5, 0.6) is 0 Å². The van der Waals surface area contributed by atoms with Gasteiger partial charge in [-0.1, -0.05) is 22.0 Å². The summed E-state index contributed by atoms with van der Waals surface area (Å²) in [5, 5.41) is 2.94. The predicted octanol–water partition coefficient (Wildman–Crippen LogP) is 2.90. The minimum Gasteiger partial charge on any atom is -0.361 e. The zero-order chi connectivity index (χ0) is 21.3. The number of hydrogen-bond donors (Lipinski definition) is 1. The van der Waals surface area contributed by atoms with E-state index in [2.05, 4.69) is 36.1 Å². The van der Waals surface area contributed by atoms with Gasteiger partial charge in [0.2, 0.25) is 17.8 Å². The number of carbonyl (C=O) groups is 2. The normalized spacial score (nSPS) is 18.8. The van der Waals surface area contributed by atoms with Gasteiger partial charge in [-0.25, -0.2) is 4.98 Å². The topological polar surface area (TPSA) is 81.7 Å². The summed E-state index contributed by atoms with van der Waals surface area (Å²) in [4.78, 5) is 40.3. The summed E-state index contributed by atoms with van der Waals surface area (Å²) in [6.07, 6.45) is 4.13. The van der Waals surface area contributed by atoms with E-state index in [0.29, 0.717) is 24.0 Å². The van der Waals surface area contributed by atoms with Crippen LogP contribution in [0.3, 0.4) is 0 Å². The molecule has 2 amide bonds. The fourth-order valence-corrected chi connectivity index (χ4v) is 4.26. The molecular weight excluding hydrogens is 448 g/mol. The van der Waals surface area contributed by atoms with Crippen molar-refractivity contribution in [2.45, 2.75) is 19.3 Å². The Morgan fingerprint density at radius 2 is 2.03 bits per heavy atom. The largest absolute Gasteiger partial charge is 0.361 e. The first-order chi connectivity index (χ1) is 14.4. The van der Waals surface area contributed by atoms with Crippen LogP contribution in [-0.4, -0.2) is 55.5 Å². The second-order valence-electron chi connectivity index (χ2n) is 7.87. The van der Waals surface area contributed by atoms with Gasteiger partial charge in [0.05, 0.1) is 12.1 Å². The summed E-state index contributed by atoms with van der Waals surface area (Å²) in [7, 11) is 3.78. The number of amides is 2. The Balaban J connectivity index is 1.49. The molecular formula is C21H25BrN6O2. The molecule has 8 nitrogen and oxygen atoms in total. The molecule has 158 valence electrons. The minimum absolute atomic E-state index is 0.0540. The van der Waals surface area contributed by atoms with Crippen molar-refractivity contribution in [2.75, 3.05) is 53.7 Å². The van der Waals surface area contributed by atoms with Crippen LogP contribution in [0, 0.1) is 5.92 Å². The molecule has 2 saturated heterocycles. The van der Waals surface area contributed by atoms with E-state index in [1.54, 1.807) is 11.1 Å². The second kappa shape index (κ2) is 8.59. The lowest BCUT2D eigenvalue weighted by Crippen LogP contribution is -2.29. The molecule has 30 heavy (non-hydrogen) atoms. The number of aromatic nitrogens is 2. The second-order valence-corrected chi connectivity index (χ2v) is 8.79. The molecule has 0 saturated carbocycles. The lowest BCUT2D eigenvalue weighted by molar-refractivity contribution is -0.122. The van der Waals surface area contributed by atoms with Gasteiger partial charge < -0.3 is 20.0 Å². The van der Waals surface area contributed by atoms with E-state index in [0.717, 1.165) is 36.1 Å². The molecule has 1 N–H and O–H groups in total. The van der Waals surface area contributed by atoms with Gasteiger partial charge in [0, 0.05) is 50.3 Å². The SMILES string of the molecule is CN(C)c1nc(N2CCCC2)ncc1NC(=O)C1CC(=O)N(c2cccc(Br)c2)C1. The Hall–Kier alpha value is -2.68. The maximum Gasteiger partial charge on any atom is 0.229 e. The third-order valence-corrected chi connectivity index (χ3v) is 5.94. The van der Waals surface area contributed by atoms with Crippen molar-refractivity contribution >= 4 is 50.9 Å². The van der Waals surface area contributed by atoms with Crippen molar-refractivity contribution in [1.82, 2.24) is 9.97 Å². The molecule has 2 aromatic rings. The van der Waals surface area contributed by atoms with E-state index in [9.17, 15) is 9.59 Å². The van der Waals surface area contributed by atoms with Crippen LogP contribution in [0.2, 0.25) is 0 Å². The first kappa shape index (κ1) is 20.6. The Labute approximate surface area is 184 Å². The Kier molecular flexibility index (Phi) is 5.90. The first-order valence-corrected chi connectivity index (χ1v) is 10.9.